The lowest BCUT2D eigenvalue weighted by Crippen LogP contribution is -2.15. The molecule has 3 aromatic rings. The van der Waals surface area contributed by atoms with Crippen molar-refractivity contribution in [3.63, 3.8) is 0 Å². The summed E-state index contributed by atoms with van der Waals surface area (Å²) in [5, 5.41) is 2.96. The van der Waals surface area contributed by atoms with Crippen molar-refractivity contribution in [2.75, 3.05) is 11.6 Å². The number of nitrogens with zero attached hydrogens (tertiary/aromatic N) is 2. The number of benzene rings is 1. The zero-order valence-corrected chi connectivity index (χ0v) is 15.5. The maximum Gasteiger partial charge on any atom is 0.274 e. The van der Waals surface area contributed by atoms with E-state index >= 15 is 0 Å². The lowest BCUT2D eigenvalue weighted by molar-refractivity contribution is 0.102. The van der Waals surface area contributed by atoms with Crippen LogP contribution in [0, 0.1) is 13.8 Å². The fourth-order valence-corrected chi connectivity index (χ4v) is 3.55. The molecule has 0 atom stereocenters. The summed E-state index contributed by atoms with van der Waals surface area (Å²) < 4.78 is 2.75. The van der Waals surface area contributed by atoms with Gasteiger partial charge in [-0.3, -0.25) is 9.20 Å². The van der Waals surface area contributed by atoms with Crippen molar-refractivity contribution in [2.45, 2.75) is 18.7 Å². The second-order valence-corrected chi connectivity index (χ2v) is 7.06. The number of carbonyl (C=O) groups is 1. The molecule has 23 heavy (non-hydrogen) atoms. The predicted molar refractivity (Wildman–Crippen MR) is 98.5 cm³/mol. The fraction of sp³-hybridized carbons (Fsp3) is 0.176. The van der Waals surface area contributed by atoms with Gasteiger partial charge < -0.3 is 5.32 Å². The highest BCUT2D eigenvalue weighted by molar-refractivity contribution is 9.10. The molecule has 1 amide bonds. The normalized spacial score (nSPS) is 11.0. The highest BCUT2D eigenvalue weighted by Gasteiger charge is 2.18. The van der Waals surface area contributed by atoms with Crippen molar-refractivity contribution in [3.05, 3.63) is 58.0 Å². The van der Waals surface area contributed by atoms with E-state index < -0.39 is 0 Å². The van der Waals surface area contributed by atoms with Crippen LogP contribution in [0.15, 0.2) is 45.9 Å². The molecule has 0 bridgehead atoms. The van der Waals surface area contributed by atoms with E-state index in [9.17, 15) is 4.79 Å². The minimum Gasteiger partial charge on any atom is -0.321 e. The molecule has 2 aromatic heterocycles. The first-order valence-electron chi connectivity index (χ1n) is 7.10. The third-order valence-electron chi connectivity index (χ3n) is 3.59. The quantitative estimate of drug-likeness (QED) is 0.660. The summed E-state index contributed by atoms with van der Waals surface area (Å²) in [5.41, 5.74) is 3.87. The molecule has 0 saturated carbocycles. The van der Waals surface area contributed by atoms with Gasteiger partial charge in [-0.25, -0.2) is 4.98 Å². The standard InChI is InChI=1S/C17H16BrN3OS/c1-10-7-12(18)9-21-15(11(2)19-16(10)21)17(22)20-13-5-4-6-14(8-13)23-3/h4-9H,1-3H3,(H,20,22). The smallest absolute Gasteiger partial charge is 0.274 e. The van der Waals surface area contributed by atoms with Crippen LogP contribution in [0.5, 0.6) is 0 Å². The number of fused-ring (bicyclic) bond motifs is 1. The topological polar surface area (TPSA) is 46.4 Å². The fourth-order valence-electron chi connectivity index (χ4n) is 2.55. The number of hydrogen-bond acceptors (Lipinski definition) is 3. The number of anilines is 1. The highest BCUT2D eigenvalue weighted by Crippen LogP contribution is 2.23. The maximum atomic E-state index is 12.7. The third-order valence-corrected chi connectivity index (χ3v) is 4.75. The first-order chi connectivity index (χ1) is 11.0. The van der Waals surface area contributed by atoms with Gasteiger partial charge in [-0.05, 0) is 65.9 Å². The third kappa shape index (κ3) is 3.14. The van der Waals surface area contributed by atoms with Crippen molar-refractivity contribution in [1.29, 1.82) is 0 Å². The molecule has 0 unspecified atom stereocenters. The number of hydrogen-bond donors (Lipinski definition) is 1. The molecule has 0 saturated heterocycles. The Labute approximate surface area is 147 Å². The largest absolute Gasteiger partial charge is 0.321 e. The van der Waals surface area contributed by atoms with E-state index in [0.29, 0.717) is 11.4 Å². The number of aromatic nitrogens is 2. The Bertz CT molecular complexity index is 904. The molecule has 3 rings (SSSR count). The van der Waals surface area contributed by atoms with Crippen LogP contribution < -0.4 is 5.32 Å². The Hall–Kier alpha value is -1.79. The summed E-state index contributed by atoms with van der Waals surface area (Å²) in [6.07, 6.45) is 3.88. The Balaban J connectivity index is 2.02. The lowest BCUT2D eigenvalue weighted by atomic mass is 10.2. The molecule has 6 heteroatoms. The van der Waals surface area contributed by atoms with Gasteiger partial charge in [0.15, 0.2) is 0 Å². The Morgan fingerprint density at radius 3 is 2.83 bits per heavy atom. The lowest BCUT2D eigenvalue weighted by Gasteiger charge is -2.08. The molecule has 0 aliphatic heterocycles. The zero-order valence-electron chi connectivity index (χ0n) is 13.1. The van der Waals surface area contributed by atoms with E-state index in [4.69, 9.17) is 0 Å². The predicted octanol–water partition coefficient (Wildman–Crippen LogP) is 4.69. The summed E-state index contributed by atoms with van der Waals surface area (Å²) >= 11 is 5.12. The number of aryl methyl sites for hydroxylation is 2. The minimum atomic E-state index is -0.161. The van der Waals surface area contributed by atoms with Crippen LogP contribution in [0.3, 0.4) is 0 Å². The SMILES string of the molecule is CSc1cccc(NC(=O)c2c(C)nc3c(C)cc(Br)cn23)c1. The van der Waals surface area contributed by atoms with Gasteiger partial charge in [0.2, 0.25) is 0 Å². The Morgan fingerprint density at radius 2 is 2.09 bits per heavy atom. The Kier molecular flexibility index (Phi) is 4.46. The number of rotatable bonds is 3. The van der Waals surface area contributed by atoms with Gasteiger partial charge in [0.1, 0.15) is 11.3 Å². The van der Waals surface area contributed by atoms with E-state index in [2.05, 4.69) is 26.2 Å². The van der Waals surface area contributed by atoms with Gasteiger partial charge >= 0.3 is 0 Å². The van der Waals surface area contributed by atoms with Crippen molar-refractivity contribution >= 4 is 44.9 Å². The van der Waals surface area contributed by atoms with Crippen LogP contribution in [0.4, 0.5) is 5.69 Å². The summed E-state index contributed by atoms with van der Waals surface area (Å²) in [6, 6.07) is 9.79. The monoisotopic (exact) mass is 389 g/mol. The van der Waals surface area contributed by atoms with Gasteiger partial charge in [-0.1, -0.05) is 6.07 Å². The number of amides is 1. The van der Waals surface area contributed by atoms with Crippen molar-refractivity contribution < 1.29 is 4.79 Å². The molecule has 0 fully saturated rings. The van der Waals surface area contributed by atoms with Crippen molar-refractivity contribution in [3.8, 4) is 0 Å². The minimum absolute atomic E-state index is 0.161. The van der Waals surface area contributed by atoms with E-state index in [0.717, 1.165) is 26.3 Å². The molecule has 1 aromatic carbocycles. The van der Waals surface area contributed by atoms with Crippen molar-refractivity contribution in [1.82, 2.24) is 9.38 Å². The molecule has 2 heterocycles. The summed E-state index contributed by atoms with van der Waals surface area (Å²) in [5.74, 6) is -0.161. The molecule has 1 N–H and O–H groups in total. The molecule has 0 spiro atoms. The number of carbonyl (C=O) groups excluding carboxylic acids is 1. The van der Waals surface area contributed by atoms with Gasteiger partial charge in [0.05, 0.1) is 5.69 Å². The average Bonchev–Trinajstić information content (AvgIpc) is 2.84. The summed E-state index contributed by atoms with van der Waals surface area (Å²) in [7, 11) is 0. The molecule has 118 valence electrons. The second-order valence-electron chi connectivity index (χ2n) is 5.27. The van der Waals surface area contributed by atoms with Crippen LogP contribution in [-0.4, -0.2) is 21.5 Å². The van der Waals surface area contributed by atoms with Gasteiger partial charge in [-0.2, -0.15) is 0 Å². The first-order valence-corrected chi connectivity index (χ1v) is 9.11. The number of halogens is 1. The van der Waals surface area contributed by atoms with E-state index in [1.54, 1.807) is 11.8 Å². The van der Waals surface area contributed by atoms with Gasteiger partial charge in [0.25, 0.3) is 5.91 Å². The van der Waals surface area contributed by atoms with E-state index in [1.165, 1.54) is 0 Å². The zero-order chi connectivity index (χ0) is 16.6. The number of thioether (sulfide) groups is 1. The maximum absolute atomic E-state index is 12.7. The van der Waals surface area contributed by atoms with Gasteiger partial charge in [-0.15, -0.1) is 11.8 Å². The highest BCUT2D eigenvalue weighted by atomic mass is 79.9. The number of imidazole rings is 1. The van der Waals surface area contributed by atoms with Crippen LogP contribution in [-0.2, 0) is 0 Å². The molecule has 0 aliphatic carbocycles. The Morgan fingerprint density at radius 1 is 1.30 bits per heavy atom. The van der Waals surface area contributed by atoms with Crippen LogP contribution in [0.25, 0.3) is 5.65 Å². The first kappa shape index (κ1) is 16.1. The summed E-state index contributed by atoms with van der Waals surface area (Å²) in [4.78, 5) is 18.4. The average molecular weight is 390 g/mol. The molecular formula is C17H16BrN3OS. The molecule has 0 aliphatic rings. The second kappa shape index (κ2) is 6.37. The molecular weight excluding hydrogens is 374 g/mol. The van der Waals surface area contributed by atoms with E-state index in [-0.39, 0.29) is 5.91 Å². The van der Waals surface area contributed by atoms with Crippen LogP contribution >= 0.6 is 27.7 Å². The van der Waals surface area contributed by atoms with E-state index in [1.807, 2.05) is 61.0 Å². The van der Waals surface area contributed by atoms with Crippen LogP contribution in [0.1, 0.15) is 21.7 Å². The van der Waals surface area contributed by atoms with Crippen LogP contribution in [0.2, 0.25) is 0 Å². The number of pyridine rings is 1. The summed E-state index contributed by atoms with van der Waals surface area (Å²) in [6.45, 7) is 3.84. The molecule has 4 nitrogen and oxygen atoms in total. The van der Waals surface area contributed by atoms with Gasteiger partial charge in [0, 0.05) is 21.3 Å². The molecule has 0 radical (unpaired) electrons. The number of nitrogens with one attached hydrogen (secondary N) is 1. The van der Waals surface area contributed by atoms with Crippen molar-refractivity contribution in [2.24, 2.45) is 0 Å².